The second-order valence-electron chi connectivity index (χ2n) is 17.2. The van der Waals surface area contributed by atoms with Gasteiger partial charge in [0.15, 0.2) is 0 Å². The third-order valence-corrected chi connectivity index (χ3v) is 13.9. The lowest BCUT2D eigenvalue weighted by Gasteiger charge is -2.38. The van der Waals surface area contributed by atoms with Crippen LogP contribution in [0.25, 0.3) is 21.8 Å². The van der Waals surface area contributed by atoms with Crippen LogP contribution in [0.1, 0.15) is 58.1 Å². The number of pyridine rings is 2. The van der Waals surface area contributed by atoms with Gasteiger partial charge in [-0.25, -0.2) is 19.9 Å². The normalized spacial score (nSPS) is 13.9. The lowest BCUT2D eigenvalue weighted by molar-refractivity contribution is 0.00512. The molecule has 0 saturated heterocycles. The number of hydrogen-bond donors (Lipinski definition) is 2. The van der Waals surface area contributed by atoms with Crippen LogP contribution in [0, 0.1) is 0 Å². The van der Waals surface area contributed by atoms with Crippen LogP contribution in [-0.2, 0) is 24.3 Å². The Labute approximate surface area is 424 Å². The van der Waals surface area contributed by atoms with E-state index in [0.29, 0.717) is 37.7 Å². The van der Waals surface area contributed by atoms with Crippen LogP contribution < -0.4 is 9.47 Å². The number of halogens is 2. The summed E-state index contributed by atoms with van der Waals surface area (Å²) >= 11 is 7.16. The number of methoxy groups -OCH3 is 2. The molecule has 6 aromatic carbocycles. The fourth-order valence-electron chi connectivity index (χ4n) is 9.55. The number of fused-ring (bicyclic) bond motifs is 2. The number of aliphatic hydroxyl groups is 2. The molecule has 10 rings (SSSR count). The van der Waals surface area contributed by atoms with Crippen LogP contribution in [-0.4, -0.2) is 53.5 Å². The Morgan fingerprint density at radius 2 is 0.871 bits per heavy atom. The molecule has 4 aromatic heterocycles. The molecule has 4 unspecified atom stereocenters. The van der Waals surface area contributed by atoms with Crippen molar-refractivity contribution in [3.05, 3.63) is 250 Å². The summed E-state index contributed by atoms with van der Waals surface area (Å²) < 4.78 is 17.6. The minimum absolute atomic E-state index is 0.430. The Hall–Kier alpha value is -6.96. The molecule has 4 heterocycles. The van der Waals surface area contributed by atoms with E-state index in [4.69, 9.17) is 19.4 Å². The Balaban J connectivity index is 0.000000174. The number of aromatic nitrogens is 6. The number of hydrogen-bond acceptors (Lipinski definition) is 8. The summed E-state index contributed by atoms with van der Waals surface area (Å²) in [6, 6.07) is 56.1. The van der Waals surface area contributed by atoms with Crippen molar-refractivity contribution in [3.63, 3.8) is 0 Å². The van der Waals surface area contributed by atoms with E-state index in [1.54, 1.807) is 39.3 Å². The molecule has 0 fully saturated rings. The van der Waals surface area contributed by atoms with Gasteiger partial charge in [-0.15, -0.1) is 0 Å². The molecule has 0 amide bonds. The van der Waals surface area contributed by atoms with Gasteiger partial charge in [0.05, 0.1) is 37.9 Å². The smallest absolute Gasteiger partial charge is 0.217 e. The second-order valence-corrected chi connectivity index (χ2v) is 19.0. The van der Waals surface area contributed by atoms with Gasteiger partial charge in [-0.05, 0) is 83.6 Å². The first-order valence-electron chi connectivity index (χ1n) is 23.0. The Kier molecular flexibility index (Phi) is 15.0. The van der Waals surface area contributed by atoms with Crippen molar-refractivity contribution < 1.29 is 19.7 Å². The molecular weight excluding hydrogens is 1000 g/mol. The SMILES string of the molecule is COc1nc2ccc(Br)cc2cc1C(c1ccccc1)C(O)(CCn1ccnc1)c1ccccc1.COc1nc2ccc(Br)cc2cc1C(c1ccccc1)C(O)(CCn1ccnc1)c1ccccc1. The van der Waals surface area contributed by atoms with Crippen molar-refractivity contribution in [3.8, 4) is 11.8 Å². The summed E-state index contributed by atoms with van der Waals surface area (Å²) in [5.74, 6) is 0.150. The fraction of sp³-hybridized carbons (Fsp3) is 0.172. The fourth-order valence-corrected chi connectivity index (χ4v) is 10.3. The molecule has 0 radical (unpaired) electrons. The molecule has 0 aliphatic carbocycles. The number of nitrogens with zero attached hydrogens (tertiary/aromatic N) is 6. The van der Waals surface area contributed by atoms with Gasteiger partial charge in [-0.3, -0.25) is 0 Å². The highest BCUT2D eigenvalue weighted by molar-refractivity contribution is 9.10. The molecule has 10 aromatic rings. The van der Waals surface area contributed by atoms with Crippen LogP contribution in [0.15, 0.2) is 216 Å². The lowest BCUT2D eigenvalue weighted by Crippen LogP contribution is -2.36. The molecule has 12 heteroatoms. The third-order valence-electron chi connectivity index (χ3n) is 12.9. The van der Waals surface area contributed by atoms with E-state index in [0.717, 1.165) is 64.1 Å². The lowest BCUT2D eigenvalue weighted by atomic mass is 9.71. The summed E-state index contributed by atoms with van der Waals surface area (Å²) in [6.07, 6.45) is 11.8. The molecule has 10 nitrogen and oxygen atoms in total. The van der Waals surface area contributed by atoms with Gasteiger partial charge in [-0.1, -0.05) is 153 Å². The maximum Gasteiger partial charge on any atom is 0.217 e. The number of imidazole rings is 2. The van der Waals surface area contributed by atoms with E-state index in [2.05, 4.69) is 78.2 Å². The van der Waals surface area contributed by atoms with Crippen molar-refractivity contribution in [2.45, 2.75) is 49.0 Å². The molecule has 2 N–H and O–H groups in total. The topological polar surface area (TPSA) is 120 Å². The molecule has 0 aliphatic rings. The van der Waals surface area contributed by atoms with Gasteiger partial charge in [-0.2, -0.15) is 0 Å². The van der Waals surface area contributed by atoms with Crippen LogP contribution in [0.4, 0.5) is 0 Å². The first-order chi connectivity index (χ1) is 34.2. The minimum atomic E-state index is -1.25. The maximum atomic E-state index is 12.7. The van der Waals surface area contributed by atoms with Crippen molar-refractivity contribution >= 4 is 53.7 Å². The third kappa shape index (κ3) is 10.5. The Morgan fingerprint density at radius 3 is 1.21 bits per heavy atom. The van der Waals surface area contributed by atoms with Crippen LogP contribution in [0.2, 0.25) is 0 Å². The maximum absolute atomic E-state index is 12.7. The average molecular weight is 1060 g/mol. The monoisotopic (exact) mass is 1050 g/mol. The largest absolute Gasteiger partial charge is 0.481 e. The highest BCUT2D eigenvalue weighted by Crippen LogP contribution is 2.49. The number of benzene rings is 6. The van der Waals surface area contributed by atoms with Crippen molar-refractivity contribution in [1.82, 2.24) is 29.1 Å². The molecule has 4 atom stereocenters. The summed E-state index contributed by atoms with van der Waals surface area (Å²) in [5, 5.41) is 27.3. The summed E-state index contributed by atoms with van der Waals surface area (Å²) in [7, 11) is 3.26. The number of ether oxygens (including phenoxy) is 2. The zero-order chi connectivity index (χ0) is 48.5. The van der Waals surface area contributed by atoms with Gasteiger partial charge in [0.1, 0.15) is 11.2 Å². The number of rotatable bonds is 16. The second kappa shape index (κ2) is 21.8. The molecule has 0 spiro atoms. The molecular formula is C58H52Br2N6O4. The number of aryl methyl sites for hydroxylation is 2. The van der Waals surface area contributed by atoms with Crippen LogP contribution in [0.5, 0.6) is 11.8 Å². The van der Waals surface area contributed by atoms with Crippen molar-refractivity contribution in [2.75, 3.05) is 14.2 Å². The molecule has 352 valence electrons. The standard InChI is InChI=1S/2C29H26BrN3O2/c2*1-35-28-25(19-22-18-24(30)12-13-26(22)32-28)27(21-8-4-2-5-9-21)29(34,23-10-6-3-7-11-23)14-16-33-17-15-31-20-33/h2*2-13,15,17-20,27,34H,14,16H2,1H3. The van der Waals surface area contributed by atoms with E-state index >= 15 is 0 Å². The average Bonchev–Trinajstić information content (AvgIpc) is 4.14. The van der Waals surface area contributed by atoms with Gasteiger partial charge >= 0.3 is 0 Å². The zero-order valence-corrected chi connectivity index (χ0v) is 41.9. The molecule has 0 saturated carbocycles. The molecule has 0 aliphatic heterocycles. The zero-order valence-electron chi connectivity index (χ0n) is 38.8. The van der Waals surface area contributed by atoms with Crippen LogP contribution in [0.3, 0.4) is 0 Å². The molecule has 70 heavy (non-hydrogen) atoms. The van der Waals surface area contributed by atoms with Gasteiger partial charge in [0.2, 0.25) is 11.8 Å². The minimum Gasteiger partial charge on any atom is -0.481 e. The van der Waals surface area contributed by atoms with Gasteiger partial charge < -0.3 is 28.8 Å². The molecule has 0 bridgehead atoms. The first-order valence-corrected chi connectivity index (χ1v) is 24.6. The predicted octanol–water partition coefficient (Wildman–Crippen LogP) is 12.6. The van der Waals surface area contributed by atoms with Crippen molar-refractivity contribution in [1.29, 1.82) is 0 Å². The highest BCUT2D eigenvalue weighted by atomic mass is 79.9. The van der Waals surface area contributed by atoms with E-state index in [9.17, 15) is 10.2 Å². The van der Waals surface area contributed by atoms with E-state index < -0.39 is 23.0 Å². The van der Waals surface area contributed by atoms with E-state index in [-0.39, 0.29) is 0 Å². The van der Waals surface area contributed by atoms with Gasteiger partial charge in [0, 0.05) is 80.6 Å². The predicted molar refractivity (Wildman–Crippen MR) is 283 cm³/mol. The Morgan fingerprint density at radius 1 is 0.500 bits per heavy atom. The summed E-state index contributed by atoms with van der Waals surface area (Å²) in [5.41, 5.74) is 4.49. The van der Waals surface area contributed by atoms with E-state index in [1.165, 1.54) is 0 Å². The summed E-state index contributed by atoms with van der Waals surface area (Å²) in [4.78, 5) is 18.0. The highest BCUT2D eigenvalue weighted by Gasteiger charge is 2.43. The quantitative estimate of drug-likeness (QED) is 0.0982. The first kappa shape index (κ1) is 48.1. The van der Waals surface area contributed by atoms with Gasteiger partial charge in [0.25, 0.3) is 0 Å². The Bertz CT molecular complexity index is 3040. The van der Waals surface area contributed by atoms with Crippen molar-refractivity contribution in [2.24, 2.45) is 0 Å². The van der Waals surface area contributed by atoms with Crippen LogP contribution >= 0.6 is 31.9 Å². The summed E-state index contributed by atoms with van der Waals surface area (Å²) in [6.45, 7) is 1.20. The van der Waals surface area contributed by atoms with E-state index in [1.807, 2.05) is 155 Å².